The third-order valence-corrected chi connectivity index (χ3v) is 6.23. The summed E-state index contributed by atoms with van der Waals surface area (Å²) in [6.45, 7) is 8.30. The summed E-state index contributed by atoms with van der Waals surface area (Å²) in [6.07, 6.45) is 4.00. The van der Waals surface area contributed by atoms with E-state index >= 15 is 0 Å². The number of carbonyl (C=O) groups is 1. The average molecular weight is 406 g/mol. The van der Waals surface area contributed by atoms with E-state index in [4.69, 9.17) is 9.72 Å². The SMILES string of the molecule is CC(=O)N1CCC[C@H]1c1nc2ccccc2n1CCCCOc1cccc(C)c1C. The number of hydrogen-bond acceptors (Lipinski definition) is 3. The molecule has 5 heteroatoms. The normalized spacial score (nSPS) is 16.4. The fourth-order valence-electron chi connectivity index (χ4n) is 4.43. The maximum atomic E-state index is 12.1. The van der Waals surface area contributed by atoms with E-state index in [2.05, 4.69) is 42.7 Å². The lowest BCUT2D eigenvalue weighted by molar-refractivity contribution is -0.129. The molecular formula is C25H31N3O2. The summed E-state index contributed by atoms with van der Waals surface area (Å²) in [5, 5.41) is 0. The van der Waals surface area contributed by atoms with Crippen LogP contribution in [0.5, 0.6) is 5.75 Å². The van der Waals surface area contributed by atoms with Crippen LogP contribution in [0.4, 0.5) is 0 Å². The van der Waals surface area contributed by atoms with Crippen molar-refractivity contribution in [1.29, 1.82) is 0 Å². The molecule has 0 spiro atoms. The molecule has 1 aliphatic heterocycles. The van der Waals surface area contributed by atoms with E-state index in [0.29, 0.717) is 6.61 Å². The minimum Gasteiger partial charge on any atom is -0.493 e. The van der Waals surface area contributed by atoms with Gasteiger partial charge in [-0.05, 0) is 68.9 Å². The molecule has 0 saturated carbocycles. The van der Waals surface area contributed by atoms with Gasteiger partial charge in [0.2, 0.25) is 5.91 Å². The number of unbranched alkanes of at least 4 members (excludes halogenated alkanes) is 1. The van der Waals surface area contributed by atoms with E-state index in [9.17, 15) is 4.79 Å². The lowest BCUT2D eigenvalue weighted by Crippen LogP contribution is -2.30. The van der Waals surface area contributed by atoms with Gasteiger partial charge in [0.15, 0.2) is 0 Å². The Morgan fingerprint density at radius 3 is 2.80 bits per heavy atom. The number of imidazole rings is 1. The lowest BCUT2D eigenvalue weighted by Gasteiger charge is -2.24. The first-order chi connectivity index (χ1) is 14.6. The van der Waals surface area contributed by atoms with E-state index in [1.807, 2.05) is 23.1 Å². The van der Waals surface area contributed by atoms with Gasteiger partial charge in [0.05, 0.1) is 23.7 Å². The highest BCUT2D eigenvalue weighted by Crippen LogP contribution is 2.33. The Hall–Kier alpha value is -2.82. The van der Waals surface area contributed by atoms with Crippen molar-refractivity contribution in [2.24, 2.45) is 0 Å². The number of carbonyl (C=O) groups excluding carboxylic acids is 1. The number of nitrogens with zero attached hydrogens (tertiary/aromatic N) is 3. The van der Waals surface area contributed by atoms with Crippen LogP contribution in [0.25, 0.3) is 11.0 Å². The molecule has 4 rings (SSSR count). The Morgan fingerprint density at radius 2 is 1.97 bits per heavy atom. The fraction of sp³-hybridized carbons (Fsp3) is 0.440. The maximum Gasteiger partial charge on any atom is 0.220 e. The number of aromatic nitrogens is 2. The molecule has 1 amide bonds. The van der Waals surface area contributed by atoms with Crippen molar-refractivity contribution >= 4 is 16.9 Å². The van der Waals surface area contributed by atoms with Crippen LogP contribution in [-0.4, -0.2) is 33.5 Å². The van der Waals surface area contributed by atoms with Gasteiger partial charge < -0.3 is 14.2 Å². The Bertz CT molecular complexity index is 1040. The zero-order valence-corrected chi connectivity index (χ0v) is 18.2. The molecule has 0 radical (unpaired) electrons. The van der Waals surface area contributed by atoms with Crippen LogP contribution >= 0.6 is 0 Å². The van der Waals surface area contributed by atoms with Gasteiger partial charge in [0, 0.05) is 20.0 Å². The van der Waals surface area contributed by atoms with Crippen molar-refractivity contribution in [2.45, 2.75) is 59.0 Å². The number of fused-ring (bicyclic) bond motifs is 1. The Morgan fingerprint density at radius 1 is 1.13 bits per heavy atom. The van der Waals surface area contributed by atoms with Gasteiger partial charge in [-0.15, -0.1) is 0 Å². The van der Waals surface area contributed by atoms with Gasteiger partial charge in [-0.25, -0.2) is 4.98 Å². The van der Waals surface area contributed by atoms with Crippen molar-refractivity contribution < 1.29 is 9.53 Å². The van der Waals surface area contributed by atoms with E-state index in [1.165, 1.54) is 11.1 Å². The first-order valence-corrected chi connectivity index (χ1v) is 11.0. The standard InChI is InChI=1S/C25H31N3O2/c1-18-10-8-14-24(19(18)2)30-17-7-6-15-28-22-12-5-4-11-21(22)26-25(28)23-13-9-16-27(23)20(3)29/h4-5,8,10-12,14,23H,6-7,9,13,15-17H2,1-3H3/t23-/m0/s1. The minimum absolute atomic E-state index is 0.0843. The molecule has 0 bridgehead atoms. The molecule has 3 aromatic rings. The maximum absolute atomic E-state index is 12.1. The van der Waals surface area contributed by atoms with Crippen molar-refractivity contribution in [2.75, 3.05) is 13.2 Å². The van der Waals surface area contributed by atoms with Crippen molar-refractivity contribution in [3.63, 3.8) is 0 Å². The summed E-state index contributed by atoms with van der Waals surface area (Å²) < 4.78 is 8.34. The fourth-order valence-corrected chi connectivity index (χ4v) is 4.43. The molecule has 0 unspecified atom stereocenters. The van der Waals surface area contributed by atoms with Crippen LogP contribution in [0.15, 0.2) is 42.5 Å². The van der Waals surface area contributed by atoms with Gasteiger partial charge >= 0.3 is 0 Å². The topological polar surface area (TPSA) is 47.4 Å². The van der Waals surface area contributed by atoms with E-state index < -0.39 is 0 Å². The zero-order chi connectivity index (χ0) is 21.1. The molecule has 2 aromatic carbocycles. The molecule has 5 nitrogen and oxygen atoms in total. The van der Waals surface area contributed by atoms with Crippen molar-refractivity contribution in [3.8, 4) is 5.75 Å². The predicted molar refractivity (Wildman–Crippen MR) is 120 cm³/mol. The summed E-state index contributed by atoms with van der Waals surface area (Å²) in [5.41, 5.74) is 4.63. The number of ether oxygens (including phenoxy) is 1. The molecule has 0 aliphatic carbocycles. The van der Waals surface area contributed by atoms with Crippen LogP contribution in [0.3, 0.4) is 0 Å². The Balaban J connectivity index is 1.45. The second-order valence-electron chi connectivity index (χ2n) is 8.23. The largest absolute Gasteiger partial charge is 0.493 e. The predicted octanol–water partition coefficient (Wildman–Crippen LogP) is 5.20. The van der Waals surface area contributed by atoms with Crippen LogP contribution in [0, 0.1) is 13.8 Å². The summed E-state index contributed by atoms with van der Waals surface area (Å²) >= 11 is 0. The third kappa shape index (κ3) is 4.07. The molecule has 30 heavy (non-hydrogen) atoms. The Labute approximate surface area is 178 Å². The quantitative estimate of drug-likeness (QED) is 0.508. The van der Waals surface area contributed by atoms with Crippen LogP contribution < -0.4 is 4.74 Å². The molecule has 2 heterocycles. The molecule has 1 aliphatic rings. The lowest BCUT2D eigenvalue weighted by atomic mass is 10.1. The average Bonchev–Trinajstić information content (AvgIpc) is 3.35. The number of hydrogen-bond donors (Lipinski definition) is 0. The van der Waals surface area contributed by atoms with Gasteiger partial charge in [-0.1, -0.05) is 24.3 Å². The first-order valence-electron chi connectivity index (χ1n) is 11.0. The van der Waals surface area contributed by atoms with Crippen molar-refractivity contribution in [3.05, 3.63) is 59.4 Å². The molecule has 1 aromatic heterocycles. The smallest absolute Gasteiger partial charge is 0.220 e. The minimum atomic E-state index is 0.0843. The van der Waals surface area contributed by atoms with Crippen LogP contribution in [-0.2, 0) is 11.3 Å². The Kier molecular flexibility index (Phi) is 6.07. The highest BCUT2D eigenvalue weighted by Gasteiger charge is 2.31. The number of rotatable bonds is 7. The van der Waals surface area contributed by atoms with Crippen molar-refractivity contribution in [1.82, 2.24) is 14.5 Å². The monoisotopic (exact) mass is 405 g/mol. The third-order valence-electron chi connectivity index (χ3n) is 6.23. The van der Waals surface area contributed by atoms with Gasteiger partial charge in [0.1, 0.15) is 11.6 Å². The number of amides is 1. The second-order valence-corrected chi connectivity index (χ2v) is 8.23. The summed E-state index contributed by atoms with van der Waals surface area (Å²) in [7, 11) is 0. The van der Waals surface area contributed by atoms with Gasteiger partial charge in [-0.3, -0.25) is 4.79 Å². The van der Waals surface area contributed by atoms with Gasteiger partial charge in [0.25, 0.3) is 0 Å². The van der Waals surface area contributed by atoms with Gasteiger partial charge in [-0.2, -0.15) is 0 Å². The molecule has 1 fully saturated rings. The summed E-state index contributed by atoms with van der Waals surface area (Å²) in [5.74, 6) is 2.14. The second kappa shape index (κ2) is 8.90. The number of likely N-dealkylation sites (tertiary alicyclic amines) is 1. The number of aryl methyl sites for hydroxylation is 2. The highest BCUT2D eigenvalue weighted by molar-refractivity contribution is 5.77. The molecular weight excluding hydrogens is 374 g/mol. The molecule has 0 N–H and O–H groups in total. The molecule has 158 valence electrons. The molecule has 1 saturated heterocycles. The summed E-state index contributed by atoms with van der Waals surface area (Å²) in [4.78, 5) is 19.0. The van der Waals surface area contributed by atoms with E-state index in [0.717, 1.165) is 61.4 Å². The summed E-state index contributed by atoms with van der Waals surface area (Å²) in [6, 6.07) is 14.6. The number of benzene rings is 2. The molecule has 1 atom stereocenters. The zero-order valence-electron chi connectivity index (χ0n) is 18.2. The van der Waals surface area contributed by atoms with Crippen LogP contribution in [0.2, 0.25) is 0 Å². The first kappa shape index (κ1) is 20.5. The highest BCUT2D eigenvalue weighted by atomic mass is 16.5. The number of para-hydroxylation sites is 2. The van der Waals surface area contributed by atoms with Crippen LogP contribution in [0.1, 0.15) is 55.6 Å². The van der Waals surface area contributed by atoms with E-state index in [1.54, 1.807) is 6.92 Å². The van der Waals surface area contributed by atoms with E-state index in [-0.39, 0.29) is 11.9 Å².